The van der Waals surface area contributed by atoms with E-state index in [1.54, 1.807) is 30.3 Å². The number of thiazole rings is 1. The van der Waals surface area contributed by atoms with Crippen LogP contribution in [0.2, 0.25) is 0 Å². The van der Waals surface area contributed by atoms with Crippen LogP contribution in [0.15, 0.2) is 90.5 Å². The molecule has 2 aromatic heterocycles. The Morgan fingerprint density at radius 1 is 1.23 bits per heavy atom. The summed E-state index contributed by atoms with van der Waals surface area (Å²) in [6.07, 6.45) is 3.20. The lowest BCUT2D eigenvalue weighted by molar-refractivity contribution is 0.474. The fourth-order valence-electron chi connectivity index (χ4n) is 2.94. The molecular weight excluding hydrogens is 466 g/mol. The molecule has 1 N–H and O–H groups in total. The second-order valence-corrected chi connectivity index (χ2v) is 8.09. The molecule has 150 valence electrons. The Morgan fingerprint density at radius 3 is 2.90 bits per heavy atom. The summed E-state index contributed by atoms with van der Waals surface area (Å²) in [7, 11) is 0. The summed E-state index contributed by atoms with van der Waals surface area (Å²) in [6, 6.07) is 14.2. The zero-order valence-electron chi connectivity index (χ0n) is 15.7. The van der Waals surface area contributed by atoms with Gasteiger partial charge in [-0.1, -0.05) is 40.2 Å². The molecule has 4 rings (SSSR count). The number of para-hydroxylation sites is 1. The number of aromatic nitrogens is 1. The smallest absolute Gasteiger partial charge is 0.345 e. The van der Waals surface area contributed by atoms with Gasteiger partial charge in [0.25, 0.3) is 0 Å². The van der Waals surface area contributed by atoms with Crippen molar-refractivity contribution in [2.45, 2.75) is 6.54 Å². The van der Waals surface area contributed by atoms with Crippen LogP contribution in [0.25, 0.3) is 22.2 Å². The van der Waals surface area contributed by atoms with Crippen LogP contribution in [0.4, 0.5) is 0 Å². The molecule has 30 heavy (non-hydrogen) atoms. The highest BCUT2D eigenvalue weighted by Crippen LogP contribution is 2.22. The lowest BCUT2D eigenvalue weighted by Gasteiger charge is -2.06. The minimum Gasteiger partial charge on any atom is -0.507 e. The van der Waals surface area contributed by atoms with Gasteiger partial charge in [0.05, 0.1) is 17.5 Å². The van der Waals surface area contributed by atoms with Gasteiger partial charge in [0.1, 0.15) is 11.3 Å². The number of nitrogens with zero attached hydrogens (tertiary/aromatic N) is 3. The third-order valence-electron chi connectivity index (χ3n) is 4.36. The molecule has 0 unspecified atom stereocenters. The van der Waals surface area contributed by atoms with E-state index in [1.807, 2.05) is 34.2 Å². The number of hydrogen-bond donors (Lipinski definition) is 1. The Morgan fingerprint density at radius 2 is 2.07 bits per heavy atom. The molecule has 0 amide bonds. The number of hydrogen-bond acceptors (Lipinski definition) is 6. The minimum atomic E-state index is -0.418. The van der Waals surface area contributed by atoms with Crippen LogP contribution < -0.4 is 10.4 Å². The van der Waals surface area contributed by atoms with Gasteiger partial charge in [-0.25, -0.2) is 4.79 Å². The van der Waals surface area contributed by atoms with Crippen LogP contribution in [0.5, 0.6) is 5.75 Å². The quantitative estimate of drug-likeness (QED) is 0.190. The largest absolute Gasteiger partial charge is 0.507 e. The van der Waals surface area contributed by atoms with Crippen molar-refractivity contribution < 1.29 is 9.52 Å². The van der Waals surface area contributed by atoms with Crippen LogP contribution in [-0.4, -0.2) is 15.9 Å². The molecule has 0 saturated heterocycles. The molecule has 0 aliphatic rings. The molecule has 0 aliphatic carbocycles. The fourth-order valence-corrected chi connectivity index (χ4v) is 4.18. The van der Waals surface area contributed by atoms with Crippen molar-refractivity contribution in [2.75, 3.05) is 0 Å². The molecule has 0 aliphatic heterocycles. The monoisotopic (exact) mass is 481 g/mol. The molecule has 0 radical (unpaired) electrons. The zero-order chi connectivity index (χ0) is 21.1. The van der Waals surface area contributed by atoms with E-state index in [4.69, 9.17) is 4.42 Å². The van der Waals surface area contributed by atoms with Gasteiger partial charge in [-0.15, -0.1) is 23.0 Å². The molecule has 0 saturated carbocycles. The van der Waals surface area contributed by atoms with Gasteiger partial charge in [-0.05, 0) is 30.3 Å². The minimum absolute atomic E-state index is 0.108. The van der Waals surface area contributed by atoms with Crippen molar-refractivity contribution in [3.8, 4) is 17.0 Å². The van der Waals surface area contributed by atoms with E-state index < -0.39 is 5.63 Å². The van der Waals surface area contributed by atoms with Crippen molar-refractivity contribution in [1.29, 1.82) is 0 Å². The lowest BCUT2D eigenvalue weighted by atomic mass is 10.1. The SMILES string of the molecule is C=CCn1c(-c2cc3ccccc3oc2=O)cs/c1=N\N=C\c1cc(Br)ccc1O. The summed E-state index contributed by atoms with van der Waals surface area (Å²) in [5.41, 5.74) is 1.79. The molecule has 8 heteroatoms. The lowest BCUT2D eigenvalue weighted by Crippen LogP contribution is -2.17. The average molecular weight is 482 g/mol. The first-order valence-electron chi connectivity index (χ1n) is 8.95. The fraction of sp³-hybridized carbons (Fsp3) is 0.0455. The first-order chi connectivity index (χ1) is 14.6. The number of benzene rings is 2. The summed E-state index contributed by atoms with van der Waals surface area (Å²) >= 11 is 4.71. The number of phenolic OH excluding ortho intramolecular Hbond substituents is 1. The number of aromatic hydroxyl groups is 1. The van der Waals surface area contributed by atoms with Crippen molar-refractivity contribution in [3.63, 3.8) is 0 Å². The van der Waals surface area contributed by atoms with Gasteiger partial charge >= 0.3 is 5.63 Å². The standard InChI is InChI=1S/C22H16BrN3O3S/c1-2-9-26-18(17-11-14-5-3-4-6-20(14)29-21(17)28)13-30-22(26)25-24-12-15-10-16(23)7-8-19(15)27/h2-8,10-13,27H,1,9H2/b24-12+,25-22-. The highest BCUT2D eigenvalue weighted by molar-refractivity contribution is 9.10. The molecular formula is C22H16BrN3O3S. The normalized spacial score (nSPS) is 12.1. The van der Waals surface area contributed by atoms with Crippen molar-refractivity contribution >= 4 is 44.5 Å². The number of halogens is 1. The van der Waals surface area contributed by atoms with Crippen LogP contribution >= 0.6 is 27.3 Å². The topological polar surface area (TPSA) is 80.1 Å². The average Bonchev–Trinajstić information content (AvgIpc) is 3.12. The van der Waals surface area contributed by atoms with Crippen molar-refractivity contribution in [3.05, 3.63) is 91.8 Å². The highest BCUT2D eigenvalue weighted by atomic mass is 79.9. The van der Waals surface area contributed by atoms with E-state index in [0.29, 0.717) is 33.8 Å². The van der Waals surface area contributed by atoms with E-state index in [9.17, 15) is 9.90 Å². The predicted octanol–water partition coefficient (Wildman–Crippen LogP) is 4.91. The summed E-state index contributed by atoms with van der Waals surface area (Å²) < 4.78 is 8.14. The number of fused-ring (bicyclic) bond motifs is 1. The number of allylic oxidation sites excluding steroid dienone is 1. The summed E-state index contributed by atoms with van der Waals surface area (Å²) in [4.78, 5) is 13.2. The van der Waals surface area contributed by atoms with E-state index in [-0.39, 0.29) is 5.75 Å². The first-order valence-corrected chi connectivity index (χ1v) is 10.6. The molecule has 0 fully saturated rings. The van der Waals surface area contributed by atoms with Crippen LogP contribution in [0, 0.1) is 0 Å². The summed E-state index contributed by atoms with van der Waals surface area (Å²) in [5, 5.41) is 21.0. The van der Waals surface area contributed by atoms with Gasteiger partial charge in [0.15, 0.2) is 0 Å². The van der Waals surface area contributed by atoms with E-state index in [2.05, 4.69) is 32.7 Å². The Bertz CT molecular complexity index is 1400. The molecule has 0 bridgehead atoms. The Hall–Kier alpha value is -3.23. The maximum Gasteiger partial charge on any atom is 0.345 e. The molecule has 6 nitrogen and oxygen atoms in total. The van der Waals surface area contributed by atoms with Gasteiger partial charge in [0.2, 0.25) is 4.80 Å². The van der Waals surface area contributed by atoms with Crippen LogP contribution in [0.1, 0.15) is 5.56 Å². The van der Waals surface area contributed by atoms with Crippen LogP contribution in [0.3, 0.4) is 0 Å². The Balaban J connectivity index is 1.79. The second kappa shape index (κ2) is 8.64. The second-order valence-electron chi connectivity index (χ2n) is 6.34. The van der Waals surface area contributed by atoms with Crippen LogP contribution in [-0.2, 0) is 6.54 Å². The third kappa shape index (κ3) is 4.05. The van der Waals surface area contributed by atoms with E-state index >= 15 is 0 Å². The van der Waals surface area contributed by atoms with Gasteiger partial charge in [-0.2, -0.15) is 5.10 Å². The molecule has 0 atom stereocenters. The zero-order valence-corrected chi connectivity index (χ0v) is 18.1. The number of rotatable bonds is 5. The van der Waals surface area contributed by atoms with Crippen molar-refractivity contribution in [1.82, 2.24) is 4.57 Å². The summed E-state index contributed by atoms with van der Waals surface area (Å²) in [6.45, 7) is 4.24. The maximum atomic E-state index is 12.6. The number of phenols is 1. The van der Waals surface area contributed by atoms with Gasteiger partial charge in [-0.3, -0.25) is 0 Å². The predicted molar refractivity (Wildman–Crippen MR) is 123 cm³/mol. The maximum absolute atomic E-state index is 12.6. The Labute approximate surface area is 183 Å². The van der Waals surface area contributed by atoms with E-state index in [0.717, 1.165) is 9.86 Å². The van der Waals surface area contributed by atoms with Crippen molar-refractivity contribution in [2.24, 2.45) is 10.2 Å². The van der Waals surface area contributed by atoms with Gasteiger partial charge in [0, 0.05) is 27.3 Å². The molecule has 2 aromatic carbocycles. The Kier molecular flexibility index (Phi) is 5.78. The first kappa shape index (κ1) is 20.1. The highest BCUT2D eigenvalue weighted by Gasteiger charge is 2.13. The molecule has 2 heterocycles. The van der Waals surface area contributed by atoms with Gasteiger partial charge < -0.3 is 14.1 Å². The third-order valence-corrected chi connectivity index (χ3v) is 5.70. The molecule has 0 spiro atoms. The van der Waals surface area contributed by atoms with E-state index in [1.165, 1.54) is 17.6 Å². The molecule has 4 aromatic rings. The summed E-state index contributed by atoms with van der Waals surface area (Å²) in [5.74, 6) is 0.108.